The number of pyridine rings is 1. The van der Waals surface area contributed by atoms with Crippen molar-refractivity contribution in [3.05, 3.63) is 28.4 Å². The Labute approximate surface area is 80.3 Å². The van der Waals surface area contributed by atoms with Crippen LogP contribution >= 0.6 is 0 Å². The van der Waals surface area contributed by atoms with Crippen LogP contribution in [0.5, 0.6) is 5.75 Å². The SMILES string of the molecule is C[C@@H](O)COc1cccnc1[N+](=O)[O-]. The van der Waals surface area contributed by atoms with Crippen molar-refractivity contribution >= 4 is 5.82 Å². The Morgan fingerprint density at radius 3 is 3.07 bits per heavy atom. The molecule has 0 bridgehead atoms. The number of nitrogens with zero attached hydrogens (tertiary/aromatic N) is 2. The van der Waals surface area contributed by atoms with E-state index in [2.05, 4.69) is 4.98 Å². The van der Waals surface area contributed by atoms with Crippen LogP contribution in [-0.2, 0) is 0 Å². The molecule has 1 aromatic heterocycles. The van der Waals surface area contributed by atoms with E-state index in [4.69, 9.17) is 9.84 Å². The van der Waals surface area contributed by atoms with Gasteiger partial charge in [0.25, 0.3) is 0 Å². The van der Waals surface area contributed by atoms with Crippen molar-refractivity contribution in [1.29, 1.82) is 0 Å². The summed E-state index contributed by atoms with van der Waals surface area (Å²) in [5, 5.41) is 19.4. The summed E-state index contributed by atoms with van der Waals surface area (Å²) in [4.78, 5) is 13.4. The van der Waals surface area contributed by atoms with E-state index in [1.54, 1.807) is 0 Å². The molecule has 1 atom stereocenters. The Morgan fingerprint density at radius 1 is 1.79 bits per heavy atom. The molecular weight excluding hydrogens is 188 g/mol. The number of aliphatic hydroxyl groups excluding tert-OH is 1. The summed E-state index contributed by atoms with van der Waals surface area (Å²) in [5.74, 6) is -0.272. The minimum absolute atomic E-state index is 0.00648. The smallest absolute Gasteiger partial charge is 0.406 e. The third-order valence-corrected chi connectivity index (χ3v) is 1.40. The first-order valence-electron chi connectivity index (χ1n) is 4.01. The number of hydrogen-bond donors (Lipinski definition) is 1. The van der Waals surface area contributed by atoms with Crippen LogP contribution in [-0.4, -0.2) is 27.7 Å². The first kappa shape index (κ1) is 10.4. The standard InChI is InChI=1S/C8H10N2O4/c1-6(11)5-14-7-3-2-4-9-8(7)10(12)13/h2-4,6,11H,5H2,1H3/t6-/m1/s1. The average molecular weight is 198 g/mol. The van der Waals surface area contributed by atoms with Crippen molar-refractivity contribution in [2.45, 2.75) is 13.0 Å². The molecular formula is C8H10N2O4. The van der Waals surface area contributed by atoms with E-state index in [1.807, 2.05) is 0 Å². The molecule has 1 aromatic rings. The van der Waals surface area contributed by atoms with Gasteiger partial charge < -0.3 is 20.0 Å². The second-order valence-corrected chi connectivity index (χ2v) is 2.74. The summed E-state index contributed by atoms with van der Waals surface area (Å²) in [7, 11) is 0. The Morgan fingerprint density at radius 2 is 2.50 bits per heavy atom. The summed E-state index contributed by atoms with van der Waals surface area (Å²) in [5.41, 5.74) is 0. The van der Waals surface area contributed by atoms with Gasteiger partial charge in [0, 0.05) is 0 Å². The molecule has 76 valence electrons. The van der Waals surface area contributed by atoms with Crippen molar-refractivity contribution in [3.63, 3.8) is 0 Å². The molecule has 0 unspecified atom stereocenters. The van der Waals surface area contributed by atoms with Gasteiger partial charge in [-0.25, -0.2) is 0 Å². The molecule has 6 nitrogen and oxygen atoms in total. The Hall–Kier alpha value is -1.69. The minimum atomic E-state index is -0.671. The van der Waals surface area contributed by atoms with Crippen molar-refractivity contribution in [3.8, 4) is 5.75 Å². The number of nitro groups is 1. The van der Waals surface area contributed by atoms with Gasteiger partial charge in [0.1, 0.15) is 12.8 Å². The van der Waals surface area contributed by atoms with Gasteiger partial charge in [-0.3, -0.25) is 0 Å². The predicted molar refractivity (Wildman–Crippen MR) is 48.1 cm³/mol. The molecule has 6 heteroatoms. The molecule has 0 radical (unpaired) electrons. The zero-order chi connectivity index (χ0) is 10.6. The second-order valence-electron chi connectivity index (χ2n) is 2.74. The molecule has 0 saturated heterocycles. The van der Waals surface area contributed by atoms with E-state index in [0.717, 1.165) is 0 Å². The summed E-state index contributed by atoms with van der Waals surface area (Å²) in [6.07, 6.45) is 0.641. The van der Waals surface area contributed by atoms with E-state index < -0.39 is 11.0 Å². The number of aliphatic hydroxyl groups is 1. The number of aromatic nitrogens is 1. The number of ether oxygens (including phenoxy) is 1. The molecule has 0 aliphatic carbocycles. The van der Waals surface area contributed by atoms with Crippen molar-refractivity contribution < 1.29 is 14.8 Å². The fourth-order valence-electron chi connectivity index (χ4n) is 0.842. The zero-order valence-electron chi connectivity index (χ0n) is 7.58. The van der Waals surface area contributed by atoms with Crippen LogP contribution in [0, 0.1) is 10.1 Å². The maximum atomic E-state index is 10.5. The van der Waals surface area contributed by atoms with E-state index in [-0.39, 0.29) is 18.2 Å². The van der Waals surface area contributed by atoms with Gasteiger partial charge in [0.05, 0.1) is 6.10 Å². The van der Waals surface area contributed by atoms with Gasteiger partial charge in [-0.2, -0.15) is 0 Å². The third kappa shape index (κ3) is 2.67. The highest BCUT2D eigenvalue weighted by atomic mass is 16.6. The lowest BCUT2D eigenvalue weighted by molar-refractivity contribution is -0.390. The summed E-state index contributed by atoms with van der Waals surface area (Å²) >= 11 is 0. The van der Waals surface area contributed by atoms with Crippen LogP contribution in [0.2, 0.25) is 0 Å². The van der Waals surface area contributed by atoms with Gasteiger partial charge >= 0.3 is 5.82 Å². The number of rotatable bonds is 4. The van der Waals surface area contributed by atoms with E-state index in [0.29, 0.717) is 0 Å². The maximum Gasteiger partial charge on any atom is 0.406 e. The van der Waals surface area contributed by atoms with Crippen LogP contribution in [0.3, 0.4) is 0 Å². The minimum Gasteiger partial charge on any atom is -0.483 e. The lowest BCUT2D eigenvalue weighted by Gasteiger charge is -2.07. The van der Waals surface area contributed by atoms with Gasteiger partial charge in [-0.15, -0.1) is 0 Å². The molecule has 1 N–H and O–H groups in total. The molecule has 0 fully saturated rings. The predicted octanol–water partition coefficient (Wildman–Crippen LogP) is 0.749. The van der Waals surface area contributed by atoms with Crippen LogP contribution in [0.25, 0.3) is 0 Å². The van der Waals surface area contributed by atoms with Crippen molar-refractivity contribution in [1.82, 2.24) is 4.98 Å². The fraction of sp³-hybridized carbons (Fsp3) is 0.375. The molecule has 0 aliphatic rings. The molecule has 1 rings (SSSR count). The highest BCUT2D eigenvalue weighted by molar-refractivity contribution is 5.38. The monoisotopic (exact) mass is 198 g/mol. The molecule has 14 heavy (non-hydrogen) atoms. The lowest BCUT2D eigenvalue weighted by Crippen LogP contribution is -2.13. The highest BCUT2D eigenvalue weighted by Gasteiger charge is 2.15. The summed E-state index contributed by atoms with van der Waals surface area (Å²) in [6.45, 7) is 1.54. The third-order valence-electron chi connectivity index (χ3n) is 1.40. The van der Waals surface area contributed by atoms with Crippen LogP contribution in [0.15, 0.2) is 18.3 Å². The van der Waals surface area contributed by atoms with Crippen LogP contribution in [0.4, 0.5) is 5.82 Å². The van der Waals surface area contributed by atoms with Gasteiger partial charge in [0.15, 0.2) is 0 Å². The first-order chi connectivity index (χ1) is 6.61. The fourth-order valence-corrected chi connectivity index (χ4v) is 0.842. The molecule has 1 heterocycles. The molecule has 0 spiro atoms. The van der Waals surface area contributed by atoms with E-state index >= 15 is 0 Å². The molecule has 0 aliphatic heterocycles. The van der Waals surface area contributed by atoms with Crippen molar-refractivity contribution in [2.24, 2.45) is 0 Å². The zero-order valence-corrected chi connectivity index (χ0v) is 7.58. The molecule has 0 saturated carbocycles. The van der Waals surface area contributed by atoms with E-state index in [1.165, 1.54) is 25.3 Å². The van der Waals surface area contributed by atoms with Crippen LogP contribution in [0.1, 0.15) is 6.92 Å². The second kappa shape index (κ2) is 4.52. The summed E-state index contributed by atoms with van der Waals surface area (Å²) in [6, 6.07) is 2.97. The van der Waals surface area contributed by atoms with Gasteiger partial charge in [-0.1, -0.05) is 0 Å². The van der Waals surface area contributed by atoms with Crippen LogP contribution < -0.4 is 4.74 Å². The van der Waals surface area contributed by atoms with Gasteiger partial charge in [0.2, 0.25) is 5.75 Å². The quantitative estimate of drug-likeness (QED) is 0.569. The molecule has 0 aromatic carbocycles. The largest absolute Gasteiger partial charge is 0.483 e. The summed E-state index contributed by atoms with van der Waals surface area (Å²) < 4.78 is 5.01. The molecule has 0 amide bonds. The highest BCUT2D eigenvalue weighted by Crippen LogP contribution is 2.22. The topological polar surface area (TPSA) is 85.5 Å². The van der Waals surface area contributed by atoms with E-state index in [9.17, 15) is 10.1 Å². The Bertz CT molecular complexity index is 327. The lowest BCUT2D eigenvalue weighted by atomic mass is 10.4. The van der Waals surface area contributed by atoms with Gasteiger partial charge in [-0.05, 0) is 29.0 Å². The normalized spacial score (nSPS) is 12.1. The maximum absolute atomic E-state index is 10.5. The van der Waals surface area contributed by atoms with Crippen molar-refractivity contribution in [2.75, 3.05) is 6.61 Å². The Kier molecular flexibility index (Phi) is 3.35. The number of hydrogen-bond acceptors (Lipinski definition) is 5. The first-order valence-corrected chi connectivity index (χ1v) is 4.01. The average Bonchev–Trinajstić information content (AvgIpc) is 2.15. The Balaban J connectivity index is 2.79.